The van der Waals surface area contributed by atoms with E-state index >= 15 is 0 Å². The Morgan fingerprint density at radius 3 is 2.46 bits per heavy atom. The molecule has 0 fully saturated rings. The number of anilines is 1. The summed E-state index contributed by atoms with van der Waals surface area (Å²) < 4.78 is 15.8. The molecule has 0 saturated heterocycles. The van der Waals surface area contributed by atoms with E-state index in [2.05, 4.69) is 5.32 Å². The van der Waals surface area contributed by atoms with Crippen LogP contribution in [-0.4, -0.2) is 31.7 Å². The van der Waals surface area contributed by atoms with Gasteiger partial charge in [0.15, 0.2) is 6.61 Å². The molecule has 2 aromatic carbocycles. The summed E-state index contributed by atoms with van der Waals surface area (Å²) in [5, 5.41) is 3.57. The van der Waals surface area contributed by atoms with Gasteiger partial charge in [-0.3, -0.25) is 9.59 Å². The maximum absolute atomic E-state index is 11.8. The Morgan fingerprint density at radius 2 is 1.79 bits per heavy atom. The predicted molar refractivity (Wildman–Crippen MR) is 108 cm³/mol. The number of hydrogen-bond acceptors (Lipinski definition) is 5. The van der Waals surface area contributed by atoms with Gasteiger partial charge in [-0.2, -0.15) is 0 Å². The molecule has 28 heavy (non-hydrogen) atoms. The van der Waals surface area contributed by atoms with Gasteiger partial charge in [-0.25, -0.2) is 0 Å². The van der Waals surface area contributed by atoms with Gasteiger partial charge in [-0.1, -0.05) is 23.2 Å². The van der Waals surface area contributed by atoms with Gasteiger partial charge in [0, 0.05) is 17.1 Å². The van der Waals surface area contributed by atoms with Crippen LogP contribution >= 0.6 is 23.2 Å². The van der Waals surface area contributed by atoms with Crippen LogP contribution < -0.4 is 14.8 Å². The lowest BCUT2D eigenvalue weighted by atomic mass is 10.3. The summed E-state index contributed by atoms with van der Waals surface area (Å²) in [5.74, 6) is 0.317. The van der Waals surface area contributed by atoms with Crippen LogP contribution in [0.4, 0.5) is 5.69 Å². The number of carbonyl (C=O) groups is 2. The first-order valence-corrected chi connectivity index (χ1v) is 9.49. The second-order valence-electron chi connectivity index (χ2n) is 5.69. The van der Waals surface area contributed by atoms with Crippen molar-refractivity contribution in [3.8, 4) is 11.5 Å². The molecule has 0 unspecified atom stereocenters. The molecule has 6 nitrogen and oxygen atoms in total. The van der Waals surface area contributed by atoms with E-state index in [1.165, 1.54) is 0 Å². The molecule has 0 saturated carbocycles. The summed E-state index contributed by atoms with van der Waals surface area (Å²) >= 11 is 11.8. The van der Waals surface area contributed by atoms with E-state index in [0.29, 0.717) is 40.3 Å². The van der Waals surface area contributed by atoms with Gasteiger partial charge in [0.1, 0.15) is 11.5 Å². The van der Waals surface area contributed by atoms with Crippen molar-refractivity contribution >= 4 is 40.8 Å². The number of nitrogens with one attached hydrogen (secondary N) is 1. The van der Waals surface area contributed by atoms with Crippen molar-refractivity contribution in [2.75, 3.05) is 25.1 Å². The molecule has 8 heteroatoms. The molecule has 0 aliphatic heterocycles. The van der Waals surface area contributed by atoms with Crippen LogP contribution in [0.3, 0.4) is 0 Å². The summed E-state index contributed by atoms with van der Waals surface area (Å²) in [5.41, 5.74) is 0.595. The molecule has 0 aromatic heterocycles. The molecule has 2 rings (SSSR count). The third-order valence-electron chi connectivity index (χ3n) is 3.49. The highest BCUT2D eigenvalue weighted by atomic mass is 35.5. The van der Waals surface area contributed by atoms with Crippen LogP contribution in [0.1, 0.15) is 19.8 Å². The van der Waals surface area contributed by atoms with Gasteiger partial charge in [0.25, 0.3) is 5.91 Å². The standard InChI is InChI=1S/C20H21Cl2NO5/c1-2-26-16-8-6-15(7-9-16)23-19(24)13-28-20(25)4-3-11-27-18-10-5-14(21)12-17(18)22/h5-10,12H,2-4,11,13H2,1H3,(H,23,24). The van der Waals surface area contributed by atoms with Crippen LogP contribution in [-0.2, 0) is 14.3 Å². The third kappa shape index (κ3) is 7.66. The van der Waals surface area contributed by atoms with E-state index in [1.807, 2.05) is 6.92 Å². The van der Waals surface area contributed by atoms with E-state index in [0.717, 1.165) is 0 Å². The first-order chi connectivity index (χ1) is 13.5. The SMILES string of the molecule is CCOc1ccc(NC(=O)COC(=O)CCCOc2ccc(Cl)cc2Cl)cc1. The average molecular weight is 426 g/mol. The normalized spacial score (nSPS) is 10.2. The maximum atomic E-state index is 11.8. The van der Waals surface area contributed by atoms with E-state index in [-0.39, 0.29) is 19.6 Å². The Labute approximate surface area is 173 Å². The fourth-order valence-corrected chi connectivity index (χ4v) is 2.67. The van der Waals surface area contributed by atoms with Crippen molar-refractivity contribution in [1.29, 1.82) is 0 Å². The van der Waals surface area contributed by atoms with E-state index in [9.17, 15) is 9.59 Å². The molecule has 0 radical (unpaired) electrons. The molecule has 0 aliphatic carbocycles. The van der Waals surface area contributed by atoms with Crippen molar-refractivity contribution in [3.63, 3.8) is 0 Å². The zero-order valence-corrected chi connectivity index (χ0v) is 16.9. The molecule has 0 bridgehead atoms. The summed E-state index contributed by atoms with van der Waals surface area (Å²) in [6.07, 6.45) is 0.555. The second-order valence-corrected chi connectivity index (χ2v) is 6.54. The number of rotatable bonds is 10. The fourth-order valence-electron chi connectivity index (χ4n) is 2.21. The van der Waals surface area contributed by atoms with E-state index < -0.39 is 11.9 Å². The first-order valence-electron chi connectivity index (χ1n) is 8.74. The monoisotopic (exact) mass is 425 g/mol. The van der Waals surface area contributed by atoms with Crippen LogP contribution in [0, 0.1) is 0 Å². The Kier molecular flexibility index (Phi) is 8.91. The lowest BCUT2D eigenvalue weighted by Crippen LogP contribution is -2.21. The number of hydrogen-bond donors (Lipinski definition) is 1. The third-order valence-corrected chi connectivity index (χ3v) is 4.02. The Hall–Kier alpha value is -2.44. The molecular weight excluding hydrogens is 405 g/mol. The van der Waals surface area contributed by atoms with Gasteiger partial charge in [-0.15, -0.1) is 0 Å². The number of amides is 1. The molecule has 2 aromatic rings. The largest absolute Gasteiger partial charge is 0.494 e. The van der Waals surface area contributed by atoms with Crippen molar-refractivity contribution in [1.82, 2.24) is 0 Å². The molecule has 0 heterocycles. The highest BCUT2D eigenvalue weighted by molar-refractivity contribution is 6.35. The van der Waals surface area contributed by atoms with Crippen LogP contribution in [0.5, 0.6) is 11.5 Å². The highest BCUT2D eigenvalue weighted by Crippen LogP contribution is 2.27. The first kappa shape index (κ1) is 21.9. The van der Waals surface area contributed by atoms with Crippen LogP contribution in [0.2, 0.25) is 10.0 Å². The van der Waals surface area contributed by atoms with Crippen molar-refractivity contribution in [2.45, 2.75) is 19.8 Å². The molecule has 1 amide bonds. The second kappa shape index (κ2) is 11.4. The minimum Gasteiger partial charge on any atom is -0.494 e. The topological polar surface area (TPSA) is 73.9 Å². The molecule has 0 atom stereocenters. The van der Waals surface area contributed by atoms with Gasteiger partial charge >= 0.3 is 5.97 Å². The van der Waals surface area contributed by atoms with Gasteiger partial charge in [-0.05, 0) is 55.8 Å². The van der Waals surface area contributed by atoms with Crippen molar-refractivity contribution in [3.05, 3.63) is 52.5 Å². The zero-order chi connectivity index (χ0) is 20.4. The van der Waals surface area contributed by atoms with Crippen molar-refractivity contribution in [2.24, 2.45) is 0 Å². The summed E-state index contributed by atoms with van der Waals surface area (Å²) in [6.45, 7) is 2.40. The maximum Gasteiger partial charge on any atom is 0.306 e. The summed E-state index contributed by atoms with van der Waals surface area (Å²) in [6, 6.07) is 11.8. The summed E-state index contributed by atoms with van der Waals surface area (Å²) in [4.78, 5) is 23.6. The minimum atomic E-state index is -0.479. The number of carbonyl (C=O) groups excluding carboxylic acids is 2. The highest BCUT2D eigenvalue weighted by Gasteiger charge is 2.09. The van der Waals surface area contributed by atoms with Crippen molar-refractivity contribution < 1.29 is 23.8 Å². The molecule has 0 aliphatic rings. The van der Waals surface area contributed by atoms with Crippen LogP contribution in [0.25, 0.3) is 0 Å². The summed E-state index contributed by atoms with van der Waals surface area (Å²) in [7, 11) is 0. The smallest absolute Gasteiger partial charge is 0.306 e. The Morgan fingerprint density at radius 1 is 1.04 bits per heavy atom. The van der Waals surface area contributed by atoms with Gasteiger partial charge in [0.2, 0.25) is 0 Å². The zero-order valence-electron chi connectivity index (χ0n) is 15.4. The average Bonchev–Trinajstić information content (AvgIpc) is 2.67. The Balaban J connectivity index is 1.62. The number of benzene rings is 2. The van der Waals surface area contributed by atoms with E-state index in [4.69, 9.17) is 37.4 Å². The molecule has 1 N–H and O–H groups in total. The molecule has 150 valence electrons. The minimum absolute atomic E-state index is 0.127. The number of ether oxygens (including phenoxy) is 3. The lowest BCUT2D eigenvalue weighted by Gasteiger charge is -2.09. The van der Waals surface area contributed by atoms with Crippen LogP contribution in [0.15, 0.2) is 42.5 Å². The molecule has 0 spiro atoms. The number of halogens is 2. The van der Waals surface area contributed by atoms with Gasteiger partial charge in [0.05, 0.1) is 18.2 Å². The predicted octanol–water partition coefficient (Wildman–Crippen LogP) is 4.73. The Bertz CT molecular complexity index is 796. The number of esters is 1. The fraction of sp³-hybridized carbons (Fsp3) is 0.300. The quantitative estimate of drug-likeness (QED) is 0.439. The molecular formula is C20H21Cl2NO5. The lowest BCUT2D eigenvalue weighted by molar-refractivity contribution is -0.147. The van der Waals surface area contributed by atoms with Gasteiger partial charge < -0.3 is 19.5 Å². The van der Waals surface area contributed by atoms with E-state index in [1.54, 1.807) is 42.5 Å².